The van der Waals surface area contributed by atoms with Crippen LogP contribution in [0.5, 0.6) is 0 Å². The van der Waals surface area contributed by atoms with Crippen LogP contribution in [0.25, 0.3) is 0 Å². The van der Waals surface area contributed by atoms with Crippen LogP contribution in [0.3, 0.4) is 0 Å². The molecule has 1 saturated heterocycles. The van der Waals surface area contributed by atoms with Gasteiger partial charge in [-0.1, -0.05) is 115 Å². The molecule has 0 spiro atoms. The van der Waals surface area contributed by atoms with Gasteiger partial charge in [0.05, 0.1) is 19.3 Å². The van der Waals surface area contributed by atoms with E-state index in [4.69, 9.17) is 13.9 Å². The SMILES string of the molecule is CSS[C@@H](C)OC1C[C@H](n2cc(C#CCNC(=O)C(F)(F)F)c(=O)[nH]c2=O)O[C@@H]1CO[Si](c1ccccc1)(c1ccccc1)C(C)(C)C. The van der Waals surface area contributed by atoms with E-state index in [1.165, 1.54) is 21.6 Å². The molecule has 1 aliphatic rings. The summed E-state index contributed by atoms with van der Waals surface area (Å²) < 4.78 is 58.6. The number of aromatic amines is 1. The zero-order valence-corrected chi connectivity index (χ0v) is 29.8. The number of aromatic nitrogens is 2. The minimum absolute atomic E-state index is 0.148. The summed E-state index contributed by atoms with van der Waals surface area (Å²) in [4.78, 5) is 38.7. The Labute approximate surface area is 285 Å². The summed E-state index contributed by atoms with van der Waals surface area (Å²) in [6.07, 6.45) is -3.64. The van der Waals surface area contributed by atoms with Crippen LogP contribution in [0.2, 0.25) is 5.04 Å². The number of alkyl halides is 3. The Balaban J connectivity index is 1.66. The van der Waals surface area contributed by atoms with Crippen molar-refractivity contribution in [2.45, 2.75) is 69.2 Å². The molecular weight excluding hydrogens is 684 g/mol. The standard InChI is InChI=1S/C33H38F3N3O6S2Si/c1-22(47-46-5)44-26-19-28(39-20-23(29(40)38-31(39)42)13-12-18-37-30(41)33(34,35)36)45-27(26)21-43-48(32(2,3)4,24-14-8-6-9-15-24)25-16-10-7-11-17-25/h6-11,14-17,20,22,26-28H,18-19,21H2,1-5H3,(H,37,41)(H,38,40,42)/t22-,26?,27+,28+/m0/s1. The molecule has 258 valence electrons. The van der Waals surface area contributed by atoms with Gasteiger partial charge in [0.25, 0.3) is 13.9 Å². The molecule has 2 N–H and O–H groups in total. The summed E-state index contributed by atoms with van der Waals surface area (Å²) in [6, 6.07) is 20.3. The molecule has 1 amide bonds. The lowest BCUT2D eigenvalue weighted by molar-refractivity contribution is -0.173. The fourth-order valence-electron chi connectivity index (χ4n) is 5.69. The third kappa shape index (κ3) is 8.85. The van der Waals surface area contributed by atoms with Crippen molar-refractivity contribution in [3.8, 4) is 11.8 Å². The van der Waals surface area contributed by atoms with Crippen molar-refractivity contribution in [3.63, 3.8) is 0 Å². The Bertz CT molecular complexity index is 1680. The third-order valence-corrected chi connectivity index (χ3v) is 14.7. The zero-order chi connectivity index (χ0) is 35.1. The van der Waals surface area contributed by atoms with E-state index in [-0.39, 0.29) is 29.1 Å². The summed E-state index contributed by atoms with van der Waals surface area (Å²) in [7, 11) is 0.138. The Morgan fingerprint density at radius 3 is 2.25 bits per heavy atom. The van der Waals surface area contributed by atoms with Gasteiger partial charge in [-0.2, -0.15) is 13.2 Å². The van der Waals surface area contributed by atoms with Crippen LogP contribution in [0.4, 0.5) is 13.2 Å². The predicted octanol–water partition coefficient (Wildman–Crippen LogP) is 4.17. The van der Waals surface area contributed by atoms with E-state index >= 15 is 0 Å². The van der Waals surface area contributed by atoms with Gasteiger partial charge in [-0.15, -0.1) is 0 Å². The largest absolute Gasteiger partial charge is 0.471 e. The van der Waals surface area contributed by atoms with E-state index in [1.807, 2.05) is 49.6 Å². The molecule has 0 bridgehead atoms. The molecule has 0 saturated carbocycles. The first kappa shape index (κ1) is 37.6. The highest BCUT2D eigenvalue weighted by Crippen LogP contribution is 2.39. The second-order valence-electron chi connectivity index (χ2n) is 12.0. The average molecular weight is 722 g/mol. The molecule has 1 fully saturated rings. The lowest BCUT2D eigenvalue weighted by Gasteiger charge is -2.43. The van der Waals surface area contributed by atoms with Crippen LogP contribution in [-0.4, -0.2) is 67.0 Å². The highest BCUT2D eigenvalue weighted by molar-refractivity contribution is 8.76. The van der Waals surface area contributed by atoms with Crippen molar-refractivity contribution in [3.05, 3.63) is 93.3 Å². The van der Waals surface area contributed by atoms with Gasteiger partial charge >= 0.3 is 17.8 Å². The fourth-order valence-corrected chi connectivity index (χ4v) is 11.7. The third-order valence-electron chi connectivity index (χ3n) is 7.76. The second kappa shape index (κ2) is 16.0. The van der Waals surface area contributed by atoms with E-state index in [9.17, 15) is 27.6 Å². The molecule has 2 heterocycles. The van der Waals surface area contributed by atoms with Gasteiger partial charge in [0.1, 0.15) is 23.3 Å². The average Bonchev–Trinajstić information content (AvgIpc) is 3.42. The Morgan fingerprint density at radius 1 is 1.10 bits per heavy atom. The van der Waals surface area contributed by atoms with Gasteiger partial charge in [0.15, 0.2) is 0 Å². The molecular formula is C33H38F3N3O6S2Si. The van der Waals surface area contributed by atoms with Crippen LogP contribution in [0, 0.1) is 11.8 Å². The number of rotatable bonds is 11. The minimum atomic E-state index is -5.06. The second-order valence-corrected chi connectivity index (χ2v) is 19.1. The van der Waals surface area contributed by atoms with E-state index in [2.05, 4.69) is 61.9 Å². The smallest absolute Gasteiger partial charge is 0.405 e. The van der Waals surface area contributed by atoms with E-state index in [0.29, 0.717) is 0 Å². The normalized spacial score (nSPS) is 19.0. The number of ether oxygens (including phenoxy) is 2. The number of halogens is 3. The first-order chi connectivity index (χ1) is 22.7. The maximum Gasteiger partial charge on any atom is 0.471 e. The van der Waals surface area contributed by atoms with E-state index in [0.717, 1.165) is 10.4 Å². The number of carbonyl (C=O) groups excluding carboxylic acids is 1. The number of hydrogen-bond acceptors (Lipinski definition) is 8. The summed E-state index contributed by atoms with van der Waals surface area (Å²) in [5.74, 6) is 2.60. The summed E-state index contributed by atoms with van der Waals surface area (Å²) in [5.41, 5.74) is -1.98. The molecule has 15 heteroatoms. The number of nitrogens with zero attached hydrogens (tertiary/aromatic N) is 1. The molecule has 48 heavy (non-hydrogen) atoms. The number of carbonyl (C=O) groups is 1. The van der Waals surface area contributed by atoms with Gasteiger partial charge in [-0.05, 0) is 28.6 Å². The number of nitrogens with one attached hydrogen (secondary N) is 2. The number of hydrogen-bond donors (Lipinski definition) is 2. The first-order valence-electron chi connectivity index (χ1n) is 15.1. The molecule has 9 nitrogen and oxygen atoms in total. The van der Waals surface area contributed by atoms with Crippen LogP contribution >= 0.6 is 21.6 Å². The van der Waals surface area contributed by atoms with Gasteiger partial charge in [-0.3, -0.25) is 19.1 Å². The number of benzene rings is 2. The molecule has 0 radical (unpaired) electrons. The van der Waals surface area contributed by atoms with Crippen LogP contribution in [0.15, 0.2) is 76.4 Å². The quantitative estimate of drug-likeness (QED) is 0.132. The van der Waals surface area contributed by atoms with Crippen LogP contribution in [0.1, 0.15) is 45.9 Å². The molecule has 1 aliphatic heterocycles. The molecule has 0 aliphatic carbocycles. The molecule has 1 aromatic heterocycles. The zero-order valence-electron chi connectivity index (χ0n) is 27.1. The first-order valence-corrected chi connectivity index (χ1v) is 19.6. The Hall–Kier alpha value is -3.26. The molecule has 2 aromatic carbocycles. The highest BCUT2D eigenvalue weighted by Gasteiger charge is 2.51. The number of H-pyrrole nitrogens is 1. The maximum absolute atomic E-state index is 13.0. The summed E-state index contributed by atoms with van der Waals surface area (Å²) >= 11 is 0. The number of amides is 1. The van der Waals surface area contributed by atoms with Crippen molar-refractivity contribution in [1.29, 1.82) is 0 Å². The van der Waals surface area contributed by atoms with Crippen molar-refractivity contribution in [2.75, 3.05) is 19.4 Å². The lowest BCUT2D eigenvalue weighted by Crippen LogP contribution is -2.67. The van der Waals surface area contributed by atoms with Crippen LogP contribution < -0.4 is 26.9 Å². The Kier molecular flexibility index (Phi) is 12.5. The Morgan fingerprint density at radius 2 is 1.71 bits per heavy atom. The topological polar surface area (TPSA) is 112 Å². The highest BCUT2D eigenvalue weighted by atomic mass is 33.1. The van der Waals surface area contributed by atoms with Gasteiger partial charge < -0.3 is 19.2 Å². The fraction of sp³-hybridized carbons (Fsp3) is 0.424. The monoisotopic (exact) mass is 721 g/mol. The van der Waals surface area contributed by atoms with E-state index in [1.54, 1.807) is 16.1 Å². The lowest BCUT2D eigenvalue weighted by atomic mass is 10.2. The van der Waals surface area contributed by atoms with Crippen molar-refractivity contribution in [2.24, 2.45) is 0 Å². The summed E-state index contributed by atoms with van der Waals surface area (Å²) in [6.45, 7) is 7.92. The molecule has 4 atom stereocenters. The molecule has 4 rings (SSSR count). The van der Waals surface area contributed by atoms with Gasteiger partial charge in [0, 0.05) is 12.6 Å². The van der Waals surface area contributed by atoms with Crippen LogP contribution in [-0.2, 0) is 18.7 Å². The van der Waals surface area contributed by atoms with Crippen molar-refractivity contribution >= 4 is 46.2 Å². The van der Waals surface area contributed by atoms with Gasteiger partial charge in [0.2, 0.25) is 0 Å². The predicted molar refractivity (Wildman–Crippen MR) is 185 cm³/mol. The van der Waals surface area contributed by atoms with Crippen molar-refractivity contribution < 1.29 is 31.9 Å². The minimum Gasteiger partial charge on any atom is -0.405 e. The van der Waals surface area contributed by atoms with E-state index < -0.39 is 56.6 Å². The van der Waals surface area contributed by atoms with Gasteiger partial charge in [-0.25, -0.2) is 4.79 Å². The molecule has 1 unspecified atom stereocenters. The van der Waals surface area contributed by atoms with Crippen molar-refractivity contribution in [1.82, 2.24) is 14.9 Å². The maximum atomic E-state index is 13.0. The summed E-state index contributed by atoms with van der Waals surface area (Å²) in [5, 5.41) is 3.51. The molecule has 3 aromatic rings.